The number of nitrogens with zero attached hydrogens (tertiary/aromatic N) is 1. The van der Waals surface area contributed by atoms with Crippen LogP contribution in [0.5, 0.6) is 5.75 Å². The second-order valence-electron chi connectivity index (χ2n) is 5.68. The summed E-state index contributed by atoms with van der Waals surface area (Å²) >= 11 is 0. The number of amides is 1. The molecule has 1 aromatic rings. The molecule has 2 N–H and O–H groups in total. The van der Waals surface area contributed by atoms with Gasteiger partial charge in [-0.05, 0) is 38.8 Å². The van der Waals surface area contributed by atoms with Gasteiger partial charge in [-0.2, -0.15) is 0 Å². The number of ether oxygens (including phenoxy) is 1. The Morgan fingerprint density at radius 1 is 1.45 bits per heavy atom. The van der Waals surface area contributed by atoms with E-state index >= 15 is 0 Å². The van der Waals surface area contributed by atoms with Crippen molar-refractivity contribution in [3.8, 4) is 5.75 Å². The summed E-state index contributed by atoms with van der Waals surface area (Å²) in [4.78, 5) is 14.3. The number of hydrogen-bond acceptors (Lipinski definition) is 3. The highest BCUT2D eigenvalue weighted by Crippen LogP contribution is 2.22. The molecule has 0 bridgehead atoms. The molecule has 4 nitrogen and oxygen atoms in total. The van der Waals surface area contributed by atoms with Gasteiger partial charge < -0.3 is 15.4 Å². The first-order chi connectivity index (χ1) is 9.60. The Morgan fingerprint density at radius 3 is 2.85 bits per heavy atom. The summed E-state index contributed by atoms with van der Waals surface area (Å²) in [5.41, 5.74) is 6.63. The minimum atomic E-state index is 0.111. The van der Waals surface area contributed by atoms with E-state index in [4.69, 9.17) is 10.5 Å². The third kappa shape index (κ3) is 3.73. The fraction of sp³-hybridized carbons (Fsp3) is 0.562. The Hall–Kier alpha value is -1.55. The molecule has 1 atom stereocenters. The standard InChI is InChI=1S/C16H24N2O2/c1-12(2)20-15-6-4-3-5-14(15)9-16(19)18-8-7-13(10-17)11-18/h3-6,12-13H,7-11,17H2,1-2H3. The predicted octanol–water partition coefficient (Wildman–Crippen LogP) is 1.82. The van der Waals surface area contributed by atoms with Crippen molar-refractivity contribution in [1.82, 2.24) is 4.90 Å². The molecule has 0 spiro atoms. The van der Waals surface area contributed by atoms with Gasteiger partial charge in [-0.25, -0.2) is 0 Å². The number of hydrogen-bond donors (Lipinski definition) is 1. The Labute approximate surface area is 120 Å². The number of carbonyl (C=O) groups excluding carboxylic acids is 1. The summed E-state index contributed by atoms with van der Waals surface area (Å²) in [7, 11) is 0. The zero-order chi connectivity index (χ0) is 14.5. The largest absolute Gasteiger partial charge is 0.491 e. The van der Waals surface area contributed by atoms with Crippen LogP contribution in [-0.2, 0) is 11.2 Å². The van der Waals surface area contributed by atoms with E-state index in [9.17, 15) is 4.79 Å². The van der Waals surface area contributed by atoms with Crippen molar-refractivity contribution in [2.24, 2.45) is 11.7 Å². The van der Waals surface area contributed by atoms with E-state index in [1.54, 1.807) is 0 Å². The molecular weight excluding hydrogens is 252 g/mol. The molecular formula is C16H24N2O2. The van der Waals surface area contributed by atoms with Crippen LogP contribution < -0.4 is 10.5 Å². The molecule has 1 aromatic carbocycles. The van der Waals surface area contributed by atoms with Crippen LogP contribution in [0.2, 0.25) is 0 Å². The zero-order valence-corrected chi connectivity index (χ0v) is 12.3. The van der Waals surface area contributed by atoms with Crippen molar-refractivity contribution >= 4 is 5.91 Å². The van der Waals surface area contributed by atoms with Crippen molar-refractivity contribution in [2.45, 2.75) is 32.8 Å². The second kappa shape index (κ2) is 6.75. The average molecular weight is 276 g/mol. The van der Waals surface area contributed by atoms with E-state index in [0.717, 1.165) is 30.8 Å². The number of rotatable bonds is 5. The summed E-state index contributed by atoms with van der Waals surface area (Å²) in [6.07, 6.45) is 1.53. The lowest BCUT2D eigenvalue weighted by Gasteiger charge is -2.18. The van der Waals surface area contributed by atoms with Gasteiger partial charge in [0.1, 0.15) is 5.75 Å². The van der Waals surface area contributed by atoms with Gasteiger partial charge in [-0.1, -0.05) is 18.2 Å². The van der Waals surface area contributed by atoms with Gasteiger partial charge in [0.05, 0.1) is 12.5 Å². The smallest absolute Gasteiger partial charge is 0.227 e. The normalized spacial score (nSPS) is 18.6. The maximum atomic E-state index is 12.3. The van der Waals surface area contributed by atoms with Crippen LogP contribution in [0.3, 0.4) is 0 Å². The molecule has 0 aromatic heterocycles. The summed E-state index contributed by atoms with van der Waals surface area (Å²) in [6, 6.07) is 7.77. The van der Waals surface area contributed by atoms with Gasteiger partial charge in [-0.3, -0.25) is 4.79 Å². The first-order valence-corrected chi connectivity index (χ1v) is 7.32. The van der Waals surface area contributed by atoms with Crippen molar-refractivity contribution in [1.29, 1.82) is 0 Å². The minimum Gasteiger partial charge on any atom is -0.491 e. The summed E-state index contributed by atoms with van der Waals surface area (Å²) in [5, 5.41) is 0. The van der Waals surface area contributed by atoms with Crippen LogP contribution in [0.25, 0.3) is 0 Å². The first kappa shape index (κ1) is 14.9. The molecule has 1 fully saturated rings. The van der Waals surface area contributed by atoms with Crippen LogP contribution in [0.4, 0.5) is 0 Å². The highest BCUT2D eigenvalue weighted by Gasteiger charge is 2.25. The molecule has 1 heterocycles. The molecule has 1 aliphatic rings. The average Bonchev–Trinajstić information content (AvgIpc) is 2.89. The van der Waals surface area contributed by atoms with Crippen LogP contribution in [0, 0.1) is 5.92 Å². The fourth-order valence-corrected chi connectivity index (χ4v) is 2.55. The molecule has 1 saturated heterocycles. The van der Waals surface area contributed by atoms with Crippen LogP contribution >= 0.6 is 0 Å². The molecule has 20 heavy (non-hydrogen) atoms. The minimum absolute atomic E-state index is 0.111. The Balaban J connectivity index is 2.01. The third-order valence-electron chi connectivity index (χ3n) is 3.65. The fourth-order valence-electron chi connectivity index (χ4n) is 2.55. The van der Waals surface area contributed by atoms with Crippen molar-refractivity contribution < 1.29 is 9.53 Å². The highest BCUT2D eigenvalue weighted by atomic mass is 16.5. The molecule has 0 radical (unpaired) electrons. The van der Waals surface area contributed by atoms with E-state index in [1.807, 2.05) is 43.0 Å². The second-order valence-corrected chi connectivity index (χ2v) is 5.68. The quantitative estimate of drug-likeness (QED) is 0.892. The van der Waals surface area contributed by atoms with Crippen LogP contribution in [0.1, 0.15) is 25.8 Å². The number of para-hydroxylation sites is 1. The zero-order valence-electron chi connectivity index (χ0n) is 12.3. The lowest BCUT2D eigenvalue weighted by molar-refractivity contribution is -0.129. The molecule has 0 saturated carbocycles. The van der Waals surface area contributed by atoms with Gasteiger partial charge in [0.25, 0.3) is 0 Å². The van der Waals surface area contributed by atoms with E-state index in [-0.39, 0.29) is 12.0 Å². The maximum absolute atomic E-state index is 12.3. The Kier molecular flexibility index (Phi) is 5.01. The van der Waals surface area contributed by atoms with Gasteiger partial charge in [0.15, 0.2) is 0 Å². The molecule has 1 unspecified atom stereocenters. The van der Waals surface area contributed by atoms with E-state index in [0.29, 0.717) is 18.9 Å². The maximum Gasteiger partial charge on any atom is 0.227 e. The SMILES string of the molecule is CC(C)Oc1ccccc1CC(=O)N1CCC(CN)C1. The number of benzene rings is 1. The van der Waals surface area contributed by atoms with Crippen molar-refractivity contribution in [3.05, 3.63) is 29.8 Å². The summed E-state index contributed by atoms with van der Waals surface area (Å²) in [5.74, 6) is 1.44. The van der Waals surface area contributed by atoms with Gasteiger partial charge in [-0.15, -0.1) is 0 Å². The van der Waals surface area contributed by atoms with Gasteiger partial charge in [0, 0.05) is 18.7 Å². The Bertz CT molecular complexity index is 460. The predicted molar refractivity (Wildman–Crippen MR) is 79.7 cm³/mol. The molecule has 1 aliphatic heterocycles. The number of likely N-dealkylation sites (tertiary alicyclic amines) is 1. The number of carbonyl (C=O) groups is 1. The number of nitrogens with two attached hydrogens (primary N) is 1. The molecule has 2 rings (SSSR count). The van der Waals surface area contributed by atoms with Crippen LogP contribution in [0.15, 0.2) is 24.3 Å². The van der Waals surface area contributed by atoms with Gasteiger partial charge in [0.2, 0.25) is 5.91 Å². The van der Waals surface area contributed by atoms with Crippen molar-refractivity contribution in [3.63, 3.8) is 0 Å². The monoisotopic (exact) mass is 276 g/mol. The third-order valence-corrected chi connectivity index (χ3v) is 3.65. The lowest BCUT2D eigenvalue weighted by Crippen LogP contribution is -2.31. The topological polar surface area (TPSA) is 55.6 Å². The molecule has 0 aliphatic carbocycles. The van der Waals surface area contributed by atoms with Crippen molar-refractivity contribution in [2.75, 3.05) is 19.6 Å². The summed E-state index contributed by atoms with van der Waals surface area (Å²) in [6.45, 7) is 6.27. The summed E-state index contributed by atoms with van der Waals surface area (Å²) < 4.78 is 5.76. The molecule has 4 heteroatoms. The van der Waals surface area contributed by atoms with E-state index < -0.39 is 0 Å². The lowest BCUT2D eigenvalue weighted by atomic mass is 10.1. The highest BCUT2D eigenvalue weighted by molar-refractivity contribution is 5.79. The Morgan fingerprint density at radius 2 is 2.20 bits per heavy atom. The molecule has 1 amide bonds. The first-order valence-electron chi connectivity index (χ1n) is 7.32. The molecule has 110 valence electrons. The van der Waals surface area contributed by atoms with E-state index in [2.05, 4.69) is 0 Å². The van der Waals surface area contributed by atoms with Gasteiger partial charge >= 0.3 is 0 Å². The van der Waals surface area contributed by atoms with Crippen LogP contribution in [-0.4, -0.2) is 36.5 Å². The van der Waals surface area contributed by atoms with E-state index in [1.165, 1.54) is 0 Å².